The summed E-state index contributed by atoms with van der Waals surface area (Å²) in [5.41, 5.74) is -4.73. The Kier molecular flexibility index (Phi) is 9.61. The number of aromatic nitrogens is 1. The predicted molar refractivity (Wildman–Crippen MR) is 138 cm³/mol. The summed E-state index contributed by atoms with van der Waals surface area (Å²) < 4.78 is 103. The quantitative estimate of drug-likeness (QED) is 0.417. The standard InChI is InChI=1S/C26H30F7N5O4/c1-14(2)38(21-7-6-19(27)15(3)34-21)24(41)42-22-18(26(31,32)33)10-16(25(28,29)30)11-20(22)37-9-8-36(23(37)40)13-17(39)12-35(4)5/h6-7,10-11,14,17,39H,8-9,12-13H2,1-5H3. The Balaban J connectivity index is 2.13. The van der Waals surface area contributed by atoms with Gasteiger partial charge in [-0.05, 0) is 59.1 Å². The number of pyridine rings is 1. The fourth-order valence-electron chi connectivity index (χ4n) is 4.38. The normalized spacial score (nSPS) is 15.2. The third kappa shape index (κ3) is 7.40. The van der Waals surface area contributed by atoms with Gasteiger partial charge in [-0.15, -0.1) is 0 Å². The van der Waals surface area contributed by atoms with Crippen LogP contribution in [0.3, 0.4) is 0 Å². The molecule has 42 heavy (non-hydrogen) atoms. The molecule has 0 bridgehead atoms. The van der Waals surface area contributed by atoms with Crippen molar-refractivity contribution in [3.8, 4) is 5.75 Å². The Morgan fingerprint density at radius 1 is 1.10 bits per heavy atom. The Bertz CT molecular complexity index is 1320. The highest BCUT2D eigenvalue weighted by atomic mass is 19.4. The van der Waals surface area contributed by atoms with Gasteiger partial charge in [0.1, 0.15) is 17.2 Å². The molecule has 1 N–H and O–H groups in total. The average Bonchev–Trinajstić information content (AvgIpc) is 3.18. The summed E-state index contributed by atoms with van der Waals surface area (Å²) in [5, 5.41) is 10.2. The second-order valence-corrected chi connectivity index (χ2v) is 10.2. The van der Waals surface area contributed by atoms with E-state index in [1.807, 2.05) is 0 Å². The van der Waals surface area contributed by atoms with Crippen molar-refractivity contribution in [1.29, 1.82) is 0 Å². The van der Waals surface area contributed by atoms with Gasteiger partial charge in [0.2, 0.25) is 0 Å². The van der Waals surface area contributed by atoms with Crippen molar-refractivity contribution < 1.29 is 50.2 Å². The van der Waals surface area contributed by atoms with Gasteiger partial charge in [0.25, 0.3) is 0 Å². The van der Waals surface area contributed by atoms with Gasteiger partial charge in [-0.1, -0.05) is 0 Å². The molecule has 0 spiro atoms. The molecular weight excluding hydrogens is 579 g/mol. The molecule has 2 heterocycles. The van der Waals surface area contributed by atoms with Gasteiger partial charge in [0.05, 0.1) is 23.0 Å². The smallest absolute Gasteiger partial charge is 0.407 e. The molecule has 1 aliphatic heterocycles. The number of β-amino-alcohol motifs (C(OH)–C–C–N with tert-alkyl or cyclic N) is 1. The van der Waals surface area contributed by atoms with E-state index in [0.717, 1.165) is 21.9 Å². The SMILES string of the molecule is Cc1nc(N(C(=O)Oc2c(N3CCN(CC(O)CN(C)C)C3=O)cc(C(F)(F)F)cc2C(F)(F)F)C(C)C)ccc1F. The molecule has 2 aromatic rings. The first-order valence-corrected chi connectivity index (χ1v) is 12.7. The molecule has 1 atom stereocenters. The lowest BCUT2D eigenvalue weighted by molar-refractivity contribution is -0.143. The molecule has 1 unspecified atom stereocenters. The fraction of sp³-hybridized carbons (Fsp3) is 0.500. The van der Waals surface area contributed by atoms with Crippen molar-refractivity contribution in [3.63, 3.8) is 0 Å². The number of aryl methyl sites for hydroxylation is 1. The van der Waals surface area contributed by atoms with Crippen molar-refractivity contribution in [3.05, 3.63) is 46.9 Å². The maximum atomic E-state index is 14.2. The number of amides is 3. The van der Waals surface area contributed by atoms with Crippen LogP contribution in [0.15, 0.2) is 24.3 Å². The Morgan fingerprint density at radius 3 is 2.26 bits per heavy atom. The number of carbonyl (C=O) groups excluding carboxylic acids is 2. The molecule has 1 aromatic heterocycles. The van der Waals surface area contributed by atoms with Gasteiger partial charge < -0.3 is 19.6 Å². The Morgan fingerprint density at radius 2 is 1.74 bits per heavy atom. The number of aliphatic hydroxyl groups excluding tert-OH is 1. The summed E-state index contributed by atoms with van der Waals surface area (Å²) in [4.78, 5) is 34.5. The molecule has 1 aromatic carbocycles. The van der Waals surface area contributed by atoms with E-state index in [2.05, 4.69) is 4.98 Å². The molecule has 3 rings (SSSR count). The van der Waals surface area contributed by atoms with Crippen LogP contribution in [0.4, 0.5) is 51.8 Å². The van der Waals surface area contributed by atoms with Gasteiger partial charge in [0, 0.05) is 32.2 Å². The largest absolute Gasteiger partial charge is 0.421 e. The third-order valence-corrected chi connectivity index (χ3v) is 6.25. The minimum absolute atomic E-state index is 0.128. The molecule has 1 saturated heterocycles. The number of rotatable bonds is 8. The predicted octanol–water partition coefficient (Wildman–Crippen LogP) is 5.15. The van der Waals surface area contributed by atoms with Crippen LogP contribution < -0.4 is 14.5 Å². The van der Waals surface area contributed by atoms with Crippen LogP contribution in [0.25, 0.3) is 0 Å². The number of alkyl halides is 6. The van der Waals surface area contributed by atoms with Crippen LogP contribution in [0, 0.1) is 12.7 Å². The maximum Gasteiger partial charge on any atom is 0.421 e. The average molecular weight is 610 g/mol. The van der Waals surface area contributed by atoms with Gasteiger partial charge in [-0.2, -0.15) is 26.3 Å². The van der Waals surface area contributed by atoms with Crippen LogP contribution in [0.2, 0.25) is 0 Å². The van der Waals surface area contributed by atoms with E-state index in [1.165, 1.54) is 20.8 Å². The van der Waals surface area contributed by atoms with E-state index >= 15 is 0 Å². The molecule has 0 saturated carbocycles. The van der Waals surface area contributed by atoms with Crippen molar-refractivity contribution in [2.24, 2.45) is 0 Å². The fourth-order valence-corrected chi connectivity index (χ4v) is 4.38. The molecule has 0 radical (unpaired) electrons. The number of aliphatic hydroxyl groups is 1. The lowest BCUT2D eigenvalue weighted by Crippen LogP contribution is -2.41. The molecule has 0 aliphatic carbocycles. The van der Waals surface area contributed by atoms with Crippen LogP contribution >= 0.6 is 0 Å². The number of nitrogens with zero attached hydrogens (tertiary/aromatic N) is 5. The van der Waals surface area contributed by atoms with Crippen LogP contribution in [-0.4, -0.2) is 84.4 Å². The van der Waals surface area contributed by atoms with Crippen LogP contribution in [-0.2, 0) is 12.4 Å². The number of carbonyl (C=O) groups is 2. The highest BCUT2D eigenvalue weighted by Gasteiger charge is 2.44. The topological polar surface area (TPSA) is 89.5 Å². The lowest BCUT2D eigenvalue weighted by Gasteiger charge is -2.28. The number of urea groups is 1. The van der Waals surface area contributed by atoms with Crippen LogP contribution in [0.1, 0.15) is 30.7 Å². The molecule has 232 valence electrons. The van der Waals surface area contributed by atoms with Gasteiger partial charge >= 0.3 is 24.5 Å². The van der Waals surface area contributed by atoms with E-state index in [4.69, 9.17) is 4.74 Å². The van der Waals surface area contributed by atoms with Crippen molar-refractivity contribution in [2.45, 2.75) is 45.3 Å². The van der Waals surface area contributed by atoms with E-state index in [-0.39, 0.29) is 43.8 Å². The Labute approximate surface area is 237 Å². The first kappa shape index (κ1) is 32.8. The molecule has 9 nitrogen and oxygen atoms in total. The van der Waals surface area contributed by atoms with Gasteiger partial charge in [-0.3, -0.25) is 9.80 Å². The summed E-state index contributed by atoms with van der Waals surface area (Å²) in [7, 11) is 3.32. The molecule has 3 amide bonds. The number of hydrogen-bond acceptors (Lipinski definition) is 6. The number of anilines is 2. The van der Waals surface area contributed by atoms with Crippen LogP contribution in [0.5, 0.6) is 5.75 Å². The van der Waals surface area contributed by atoms with Gasteiger partial charge in [0.15, 0.2) is 5.75 Å². The minimum atomic E-state index is -5.44. The van der Waals surface area contributed by atoms with Crippen molar-refractivity contribution >= 4 is 23.6 Å². The summed E-state index contributed by atoms with van der Waals surface area (Å²) in [6, 6.07) is 0.370. The van der Waals surface area contributed by atoms with E-state index < -0.39 is 65.0 Å². The van der Waals surface area contributed by atoms with E-state index in [0.29, 0.717) is 11.0 Å². The van der Waals surface area contributed by atoms with Crippen molar-refractivity contribution in [1.82, 2.24) is 14.8 Å². The highest BCUT2D eigenvalue weighted by molar-refractivity contribution is 5.97. The number of ether oxygens (including phenoxy) is 1. The van der Waals surface area contributed by atoms with E-state index in [1.54, 1.807) is 19.0 Å². The first-order chi connectivity index (χ1) is 19.3. The molecule has 1 fully saturated rings. The second kappa shape index (κ2) is 12.3. The molecule has 1 aliphatic rings. The second-order valence-electron chi connectivity index (χ2n) is 10.2. The molecule has 16 heteroatoms. The first-order valence-electron chi connectivity index (χ1n) is 12.7. The number of benzene rings is 1. The number of halogens is 7. The van der Waals surface area contributed by atoms with Gasteiger partial charge in [-0.25, -0.2) is 19.0 Å². The highest BCUT2D eigenvalue weighted by Crippen LogP contribution is 2.47. The number of likely N-dealkylation sites (N-methyl/N-ethyl adjacent to an activating group) is 1. The lowest BCUT2D eigenvalue weighted by atomic mass is 10.1. The molecular formula is C26H30F7N5O4. The third-order valence-electron chi connectivity index (χ3n) is 6.25. The zero-order valence-corrected chi connectivity index (χ0v) is 23.3. The zero-order chi connectivity index (χ0) is 31.7. The number of hydrogen-bond donors (Lipinski definition) is 1. The maximum absolute atomic E-state index is 14.2. The summed E-state index contributed by atoms with van der Waals surface area (Å²) in [6.07, 6.45) is -13.2. The minimum Gasteiger partial charge on any atom is -0.407 e. The summed E-state index contributed by atoms with van der Waals surface area (Å²) in [6.45, 7) is 3.61. The summed E-state index contributed by atoms with van der Waals surface area (Å²) >= 11 is 0. The van der Waals surface area contributed by atoms with E-state index in [9.17, 15) is 45.4 Å². The monoisotopic (exact) mass is 609 g/mol. The zero-order valence-electron chi connectivity index (χ0n) is 23.3. The van der Waals surface area contributed by atoms with Crippen molar-refractivity contribution in [2.75, 3.05) is 50.1 Å². The summed E-state index contributed by atoms with van der Waals surface area (Å²) in [5.74, 6) is -2.23. The Hall–Kier alpha value is -3.66.